The van der Waals surface area contributed by atoms with E-state index in [1.165, 1.54) is 18.3 Å². The summed E-state index contributed by atoms with van der Waals surface area (Å²) < 4.78 is 6.32. The fourth-order valence-electron chi connectivity index (χ4n) is 2.76. The Morgan fingerprint density at radius 3 is 2.65 bits per heavy atom. The number of para-hydroxylation sites is 1. The maximum atomic E-state index is 12.8. The van der Waals surface area contributed by atoms with Crippen molar-refractivity contribution >= 4 is 59.5 Å². The summed E-state index contributed by atoms with van der Waals surface area (Å²) in [5.41, 5.74) is 0.608. The highest BCUT2D eigenvalue weighted by Gasteiger charge is 2.19. The van der Waals surface area contributed by atoms with Gasteiger partial charge in [-0.1, -0.05) is 28.1 Å². The highest BCUT2D eigenvalue weighted by Crippen LogP contribution is 2.33. The van der Waals surface area contributed by atoms with E-state index in [4.69, 9.17) is 4.42 Å². The Hall–Kier alpha value is -2.51. The molecule has 4 aromatic rings. The number of carbonyl (C=O) groups is 1. The van der Waals surface area contributed by atoms with Crippen LogP contribution in [0, 0.1) is 0 Å². The van der Waals surface area contributed by atoms with E-state index < -0.39 is 11.4 Å². The van der Waals surface area contributed by atoms with Crippen molar-refractivity contribution in [2.24, 2.45) is 0 Å². The van der Waals surface area contributed by atoms with Gasteiger partial charge in [0.15, 0.2) is 5.78 Å². The largest absolute Gasteiger partial charge is 0.506 e. The van der Waals surface area contributed by atoms with Gasteiger partial charge in [-0.15, -0.1) is 0 Å². The standard InChI is InChI=1S/C19H9Br2NO4/c20-10-6-13(18(24)14(21)7-10)17(23)9-5-12-16(22-8-9)11-3-1-2-4-15(11)26-19(12)25/h1-8,24H. The van der Waals surface area contributed by atoms with Crippen LogP contribution >= 0.6 is 31.9 Å². The quantitative estimate of drug-likeness (QED) is 0.256. The normalized spacial score (nSPS) is 11.2. The van der Waals surface area contributed by atoms with Crippen molar-refractivity contribution in [2.45, 2.75) is 0 Å². The number of rotatable bonds is 2. The van der Waals surface area contributed by atoms with Gasteiger partial charge in [0.05, 0.1) is 20.9 Å². The highest BCUT2D eigenvalue weighted by atomic mass is 79.9. The first-order chi connectivity index (χ1) is 12.5. The van der Waals surface area contributed by atoms with Gasteiger partial charge in [0, 0.05) is 21.6 Å². The summed E-state index contributed by atoms with van der Waals surface area (Å²) in [5.74, 6) is -0.629. The molecule has 0 aliphatic carbocycles. The zero-order valence-corrected chi connectivity index (χ0v) is 16.2. The van der Waals surface area contributed by atoms with Gasteiger partial charge in [-0.25, -0.2) is 4.79 Å². The van der Waals surface area contributed by atoms with Crippen LogP contribution < -0.4 is 5.63 Å². The van der Waals surface area contributed by atoms with Gasteiger partial charge < -0.3 is 9.52 Å². The van der Waals surface area contributed by atoms with Crippen molar-refractivity contribution in [2.75, 3.05) is 0 Å². The minimum atomic E-state index is -0.569. The van der Waals surface area contributed by atoms with Crippen LogP contribution in [-0.4, -0.2) is 15.9 Å². The number of pyridine rings is 1. The Balaban J connectivity index is 1.94. The lowest BCUT2D eigenvalue weighted by Crippen LogP contribution is -2.07. The summed E-state index contributed by atoms with van der Waals surface area (Å²) in [6.45, 7) is 0. The summed E-state index contributed by atoms with van der Waals surface area (Å²) in [5, 5.41) is 11.1. The summed E-state index contributed by atoms with van der Waals surface area (Å²) in [6.07, 6.45) is 1.39. The SMILES string of the molecule is O=C(c1cnc2c(c1)c(=O)oc1ccccc12)c1cc(Br)cc(Br)c1O. The molecule has 7 heteroatoms. The van der Waals surface area contributed by atoms with Crippen molar-refractivity contribution in [3.63, 3.8) is 0 Å². The van der Waals surface area contributed by atoms with Gasteiger partial charge in [-0.05, 0) is 46.3 Å². The van der Waals surface area contributed by atoms with Crippen LogP contribution in [0.15, 0.2) is 66.8 Å². The molecule has 2 aromatic heterocycles. The average Bonchev–Trinajstić information content (AvgIpc) is 2.64. The molecule has 1 N–H and O–H groups in total. The van der Waals surface area contributed by atoms with E-state index in [-0.39, 0.29) is 22.3 Å². The Morgan fingerprint density at radius 1 is 1.08 bits per heavy atom. The summed E-state index contributed by atoms with van der Waals surface area (Å²) in [4.78, 5) is 29.4. The second-order valence-corrected chi connectivity index (χ2v) is 7.39. The fraction of sp³-hybridized carbons (Fsp3) is 0. The van der Waals surface area contributed by atoms with E-state index >= 15 is 0 Å². The molecule has 0 saturated carbocycles. The summed E-state index contributed by atoms with van der Waals surface area (Å²) in [7, 11) is 0. The number of hydrogen-bond acceptors (Lipinski definition) is 5. The third-order valence-corrected chi connectivity index (χ3v) is 5.05. The molecule has 0 radical (unpaired) electrons. The van der Waals surface area contributed by atoms with Crippen LogP contribution in [0.25, 0.3) is 21.9 Å². The lowest BCUT2D eigenvalue weighted by atomic mass is 10.0. The van der Waals surface area contributed by atoms with E-state index in [1.807, 2.05) is 6.07 Å². The van der Waals surface area contributed by atoms with Crippen LogP contribution in [0.4, 0.5) is 0 Å². The van der Waals surface area contributed by atoms with Gasteiger partial charge in [-0.2, -0.15) is 0 Å². The van der Waals surface area contributed by atoms with Crippen LogP contribution in [0.2, 0.25) is 0 Å². The highest BCUT2D eigenvalue weighted by molar-refractivity contribution is 9.11. The average molecular weight is 475 g/mol. The molecule has 2 aromatic carbocycles. The van der Waals surface area contributed by atoms with Crippen LogP contribution in [0.5, 0.6) is 5.75 Å². The second-order valence-electron chi connectivity index (χ2n) is 5.62. The molecule has 0 fully saturated rings. The molecule has 4 rings (SSSR count). The van der Waals surface area contributed by atoms with Crippen LogP contribution in [0.3, 0.4) is 0 Å². The van der Waals surface area contributed by atoms with Gasteiger partial charge in [0.2, 0.25) is 0 Å². The molecular formula is C19H9Br2NO4. The van der Waals surface area contributed by atoms with Crippen LogP contribution in [-0.2, 0) is 0 Å². The minimum absolute atomic E-state index is 0.0950. The monoisotopic (exact) mass is 473 g/mol. The van der Waals surface area contributed by atoms with Gasteiger partial charge in [0.25, 0.3) is 0 Å². The first-order valence-electron chi connectivity index (χ1n) is 7.50. The molecule has 26 heavy (non-hydrogen) atoms. The molecule has 0 unspecified atom stereocenters. The van der Waals surface area contributed by atoms with Gasteiger partial charge in [-0.3, -0.25) is 9.78 Å². The maximum absolute atomic E-state index is 12.8. The first kappa shape index (κ1) is 16.9. The molecule has 5 nitrogen and oxygen atoms in total. The Bertz CT molecular complexity index is 1260. The molecule has 128 valence electrons. The lowest BCUT2D eigenvalue weighted by Gasteiger charge is -2.08. The van der Waals surface area contributed by atoms with E-state index in [2.05, 4.69) is 36.8 Å². The summed E-state index contributed by atoms with van der Waals surface area (Å²) in [6, 6.07) is 11.7. The van der Waals surface area contributed by atoms with Crippen molar-refractivity contribution in [1.82, 2.24) is 4.98 Å². The van der Waals surface area contributed by atoms with Crippen molar-refractivity contribution in [3.8, 4) is 5.75 Å². The summed E-state index contributed by atoms with van der Waals surface area (Å²) >= 11 is 6.50. The molecule has 0 amide bonds. The maximum Gasteiger partial charge on any atom is 0.345 e. The van der Waals surface area contributed by atoms with Crippen LogP contribution in [0.1, 0.15) is 15.9 Å². The van der Waals surface area contributed by atoms with Gasteiger partial charge >= 0.3 is 5.63 Å². The minimum Gasteiger partial charge on any atom is -0.506 e. The Labute approximate surface area is 163 Å². The molecule has 0 saturated heterocycles. The van der Waals surface area contributed by atoms with Gasteiger partial charge in [0.1, 0.15) is 11.3 Å². The number of phenols is 1. The molecular weight excluding hydrogens is 466 g/mol. The molecule has 0 atom stereocenters. The first-order valence-corrected chi connectivity index (χ1v) is 9.08. The number of hydrogen-bond donors (Lipinski definition) is 1. The lowest BCUT2D eigenvalue weighted by molar-refractivity contribution is 0.103. The molecule has 0 aliphatic heterocycles. The third-order valence-electron chi connectivity index (χ3n) is 3.99. The van der Waals surface area contributed by atoms with E-state index in [1.54, 1.807) is 24.3 Å². The number of aromatic hydroxyl groups is 1. The number of ketones is 1. The zero-order chi connectivity index (χ0) is 18.4. The number of phenolic OH excluding ortho intramolecular Hbond substituents is 1. The predicted octanol–water partition coefficient (Wildman–Crippen LogP) is 4.80. The second kappa shape index (κ2) is 6.34. The van der Waals surface area contributed by atoms with E-state index in [0.717, 1.165) is 0 Å². The molecule has 2 heterocycles. The third kappa shape index (κ3) is 2.73. The fourth-order valence-corrected chi connectivity index (χ4v) is 3.99. The number of fused-ring (bicyclic) bond motifs is 3. The number of halogens is 2. The van der Waals surface area contributed by atoms with Crippen molar-refractivity contribution < 1.29 is 14.3 Å². The Morgan fingerprint density at radius 2 is 1.85 bits per heavy atom. The zero-order valence-electron chi connectivity index (χ0n) is 13.0. The number of carbonyl (C=O) groups excluding carboxylic acids is 1. The van der Waals surface area contributed by atoms with Crippen molar-refractivity contribution in [3.05, 3.63) is 79.2 Å². The number of aromatic nitrogens is 1. The molecule has 0 aliphatic rings. The molecule has 0 spiro atoms. The Kier molecular flexibility index (Phi) is 4.13. The molecule has 0 bridgehead atoms. The van der Waals surface area contributed by atoms with E-state index in [0.29, 0.717) is 25.4 Å². The smallest absolute Gasteiger partial charge is 0.345 e. The topological polar surface area (TPSA) is 80.4 Å². The predicted molar refractivity (Wildman–Crippen MR) is 105 cm³/mol. The number of nitrogens with zero attached hydrogens (tertiary/aromatic N) is 1. The van der Waals surface area contributed by atoms with Crippen molar-refractivity contribution in [1.29, 1.82) is 0 Å². The van der Waals surface area contributed by atoms with E-state index in [9.17, 15) is 14.7 Å². The number of benzene rings is 2.